The predicted octanol–water partition coefficient (Wildman–Crippen LogP) is 2.16. The minimum atomic E-state index is -3.49. The molecule has 0 saturated carbocycles. The van der Waals surface area contributed by atoms with Gasteiger partial charge in [0.15, 0.2) is 0 Å². The van der Waals surface area contributed by atoms with Gasteiger partial charge in [0.25, 0.3) is 10.2 Å². The van der Waals surface area contributed by atoms with Crippen molar-refractivity contribution in [3.8, 4) is 10.7 Å². The van der Waals surface area contributed by atoms with Crippen LogP contribution in [0, 0.1) is 13.8 Å². The van der Waals surface area contributed by atoms with Crippen LogP contribution in [0.25, 0.3) is 10.7 Å². The zero-order valence-corrected chi connectivity index (χ0v) is 15.9. The van der Waals surface area contributed by atoms with Crippen LogP contribution >= 0.6 is 11.3 Å². The van der Waals surface area contributed by atoms with Crippen molar-refractivity contribution in [1.82, 2.24) is 23.6 Å². The van der Waals surface area contributed by atoms with Gasteiger partial charge in [-0.15, -0.1) is 11.3 Å². The van der Waals surface area contributed by atoms with Crippen molar-refractivity contribution in [3.63, 3.8) is 0 Å². The third kappa shape index (κ3) is 3.21. The fourth-order valence-corrected chi connectivity index (χ4v) is 4.83. The number of aromatic nitrogens is 3. The van der Waals surface area contributed by atoms with Gasteiger partial charge in [-0.3, -0.25) is 0 Å². The van der Waals surface area contributed by atoms with Crippen LogP contribution < -0.4 is 0 Å². The summed E-state index contributed by atoms with van der Waals surface area (Å²) in [6.45, 7) is 4.39. The monoisotopic (exact) mass is 367 g/mol. The van der Waals surface area contributed by atoms with Crippen LogP contribution in [0.4, 0.5) is 0 Å². The van der Waals surface area contributed by atoms with E-state index in [4.69, 9.17) is 0 Å². The molecule has 1 saturated heterocycles. The Labute approximate surface area is 146 Å². The number of rotatable bonds is 4. The zero-order valence-electron chi connectivity index (χ0n) is 14.2. The van der Waals surface area contributed by atoms with Crippen LogP contribution in [0.5, 0.6) is 0 Å². The fourth-order valence-electron chi connectivity index (χ4n) is 2.81. The van der Waals surface area contributed by atoms with Crippen LogP contribution in [0.15, 0.2) is 12.3 Å². The highest BCUT2D eigenvalue weighted by Gasteiger charge is 2.38. The van der Waals surface area contributed by atoms with E-state index in [1.807, 2.05) is 26.1 Å². The van der Waals surface area contributed by atoms with Crippen molar-refractivity contribution in [2.24, 2.45) is 0 Å². The van der Waals surface area contributed by atoms with E-state index in [1.165, 1.54) is 8.61 Å². The minimum Gasteiger partial charge on any atom is -0.243 e. The van der Waals surface area contributed by atoms with Gasteiger partial charge >= 0.3 is 0 Å². The first kappa shape index (κ1) is 17.4. The molecule has 0 radical (unpaired) electrons. The Kier molecular flexibility index (Phi) is 4.69. The molecule has 2 aromatic rings. The second kappa shape index (κ2) is 6.47. The van der Waals surface area contributed by atoms with E-state index in [9.17, 15) is 8.42 Å². The van der Waals surface area contributed by atoms with Crippen LogP contribution in [0.1, 0.15) is 35.3 Å². The van der Waals surface area contributed by atoms with Gasteiger partial charge in [-0.25, -0.2) is 15.0 Å². The topological polar surface area (TPSA) is 79.3 Å². The maximum Gasteiger partial charge on any atom is 0.282 e. The van der Waals surface area contributed by atoms with Gasteiger partial charge < -0.3 is 0 Å². The smallest absolute Gasteiger partial charge is 0.243 e. The molecule has 0 N–H and O–H groups in total. The number of hydrogen-bond donors (Lipinski definition) is 0. The first-order chi connectivity index (χ1) is 11.3. The van der Waals surface area contributed by atoms with Crippen molar-refractivity contribution in [1.29, 1.82) is 0 Å². The van der Waals surface area contributed by atoms with E-state index >= 15 is 0 Å². The van der Waals surface area contributed by atoms with Crippen molar-refractivity contribution in [2.45, 2.75) is 32.7 Å². The van der Waals surface area contributed by atoms with E-state index in [0.29, 0.717) is 12.4 Å². The standard InChI is InChI=1S/C15H21N5O2S2/c1-10-8-12(15-16-9-11(2)23-15)18-14(17-10)13-6-5-7-20(13)24(21,22)19(3)4/h8-9,13H,5-7H2,1-4H3/t13-/m0/s1. The average Bonchev–Trinajstić information content (AvgIpc) is 3.15. The third-order valence-corrected chi connectivity index (χ3v) is 6.86. The quantitative estimate of drug-likeness (QED) is 0.827. The highest BCUT2D eigenvalue weighted by molar-refractivity contribution is 7.86. The number of nitrogens with zero attached hydrogens (tertiary/aromatic N) is 5. The molecule has 1 fully saturated rings. The lowest BCUT2D eigenvalue weighted by molar-refractivity contribution is 0.352. The largest absolute Gasteiger partial charge is 0.282 e. The molecule has 24 heavy (non-hydrogen) atoms. The van der Waals surface area contributed by atoms with Crippen LogP contribution in [-0.2, 0) is 10.2 Å². The SMILES string of the molecule is Cc1cc(-c2ncc(C)s2)nc([C@@H]2CCCN2S(=O)(=O)N(C)C)n1. The summed E-state index contributed by atoms with van der Waals surface area (Å²) in [6.07, 6.45) is 3.35. The van der Waals surface area contributed by atoms with Gasteiger partial charge in [-0.2, -0.15) is 17.0 Å². The Bertz CT molecular complexity index is 847. The molecule has 0 spiro atoms. The molecule has 9 heteroatoms. The molecule has 0 aliphatic carbocycles. The molecule has 130 valence electrons. The Balaban J connectivity index is 2.01. The van der Waals surface area contributed by atoms with Gasteiger partial charge in [0.05, 0.1) is 6.04 Å². The fraction of sp³-hybridized carbons (Fsp3) is 0.533. The normalized spacial score (nSPS) is 19.3. The first-order valence-electron chi connectivity index (χ1n) is 7.76. The van der Waals surface area contributed by atoms with E-state index in [0.717, 1.165) is 34.1 Å². The molecule has 0 unspecified atom stereocenters. The Morgan fingerprint density at radius 3 is 2.67 bits per heavy atom. The molecule has 3 heterocycles. The predicted molar refractivity (Wildman–Crippen MR) is 93.9 cm³/mol. The average molecular weight is 368 g/mol. The molecule has 2 aromatic heterocycles. The molecule has 0 aromatic carbocycles. The van der Waals surface area contributed by atoms with Gasteiger partial charge in [0.1, 0.15) is 16.5 Å². The second-order valence-corrected chi connectivity index (χ2v) is 9.42. The van der Waals surface area contributed by atoms with E-state index < -0.39 is 10.2 Å². The zero-order chi connectivity index (χ0) is 17.5. The molecule has 0 bridgehead atoms. The number of aryl methyl sites for hydroxylation is 2. The number of thiazole rings is 1. The third-order valence-electron chi connectivity index (χ3n) is 3.97. The minimum absolute atomic E-state index is 0.322. The summed E-state index contributed by atoms with van der Waals surface area (Å²) in [5.74, 6) is 0.556. The van der Waals surface area contributed by atoms with Crippen LogP contribution in [-0.4, -0.2) is 52.6 Å². The van der Waals surface area contributed by atoms with Crippen molar-refractivity contribution in [2.75, 3.05) is 20.6 Å². The maximum atomic E-state index is 12.5. The van der Waals surface area contributed by atoms with E-state index in [-0.39, 0.29) is 6.04 Å². The van der Waals surface area contributed by atoms with E-state index in [1.54, 1.807) is 25.4 Å². The van der Waals surface area contributed by atoms with Gasteiger partial charge in [0.2, 0.25) is 0 Å². The Hall–Kier alpha value is -1.42. The summed E-state index contributed by atoms with van der Waals surface area (Å²) in [7, 11) is -0.392. The van der Waals surface area contributed by atoms with Crippen LogP contribution in [0.2, 0.25) is 0 Å². The van der Waals surface area contributed by atoms with Crippen molar-refractivity contribution < 1.29 is 8.42 Å². The van der Waals surface area contributed by atoms with Crippen LogP contribution in [0.3, 0.4) is 0 Å². The summed E-state index contributed by atoms with van der Waals surface area (Å²) >= 11 is 1.57. The molecule has 1 aliphatic heterocycles. The number of hydrogen-bond acceptors (Lipinski definition) is 6. The molecule has 0 amide bonds. The van der Waals surface area contributed by atoms with E-state index in [2.05, 4.69) is 15.0 Å². The summed E-state index contributed by atoms with van der Waals surface area (Å²) in [5, 5.41) is 0.833. The summed E-state index contributed by atoms with van der Waals surface area (Å²) in [5.41, 5.74) is 1.57. The highest BCUT2D eigenvalue weighted by atomic mass is 32.2. The van der Waals surface area contributed by atoms with Crippen molar-refractivity contribution in [3.05, 3.63) is 28.7 Å². The maximum absolute atomic E-state index is 12.5. The molecule has 1 atom stereocenters. The first-order valence-corrected chi connectivity index (χ1v) is 9.98. The molecular formula is C15H21N5O2S2. The summed E-state index contributed by atoms with van der Waals surface area (Å²) in [4.78, 5) is 14.6. The highest BCUT2D eigenvalue weighted by Crippen LogP contribution is 2.34. The second-order valence-electron chi connectivity index (χ2n) is 6.09. The Morgan fingerprint density at radius 1 is 1.29 bits per heavy atom. The molecule has 1 aliphatic rings. The summed E-state index contributed by atoms with van der Waals surface area (Å²) < 4.78 is 27.8. The van der Waals surface area contributed by atoms with Crippen molar-refractivity contribution >= 4 is 21.5 Å². The lowest BCUT2D eigenvalue weighted by Crippen LogP contribution is -2.40. The lowest BCUT2D eigenvalue weighted by Gasteiger charge is -2.26. The molecule has 3 rings (SSSR count). The molecule has 7 nitrogen and oxygen atoms in total. The van der Waals surface area contributed by atoms with Gasteiger partial charge in [0, 0.05) is 37.4 Å². The van der Waals surface area contributed by atoms with Gasteiger partial charge in [-0.05, 0) is 32.8 Å². The van der Waals surface area contributed by atoms with Gasteiger partial charge in [-0.1, -0.05) is 0 Å². The molecular weight excluding hydrogens is 346 g/mol. The summed E-state index contributed by atoms with van der Waals surface area (Å²) in [6, 6.07) is 1.57. The lowest BCUT2D eigenvalue weighted by atomic mass is 10.2. The Morgan fingerprint density at radius 2 is 2.04 bits per heavy atom.